The summed E-state index contributed by atoms with van der Waals surface area (Å²) in [6, 6.07) is 5.94. The second kappa shape index (κ2) is 4.45. The minimum absolute atomic E-state index is 0.199. The van der Waals surface area contributed by atoms with E-state index >= 15 is 0 Å². The van der Waals surface area contributed by atoms with E-state index < -0.39 is 9.84 Å². The fourth-order valence-corrected chi connectivity index (χ4v) is 3.63. The number of hydrogen-bond donors (Lipinski definition) is 0. The van der Waals surface area contributed by atoms with Crippen molar-refractivity contribution in [3.8, 4) is 0 Å². The van der Waals surface area contributed by atoms with E-state index in [0.29, 0.717) is 13.1 Å². The molecule has 0 amide bonds. The zero-order chi connectivity index (χ0) is 13.5. The summed E-state index contributed by atoms with van der Waals surface area (Å²) >= 11 is 0. The summed E-state index contributed by atoms with van der Waals surface area (Å²) in [6.07, 6.45) is 1.54. The Morgan fingerprint density at radius 1 is 1.16 bits per heavy atom. The van der Waals surface area contributed by atoms with Crippen molar-refractivity contribution in [3.05, 3.63) is 30.1 Å². The van der Waals surface area contributed by atoms with Crippen LogP contribution in [0.1, 0.15) is 5.56 Å². The average Bonchev–Trinajstić information content (AvgIpc) is 2.38. The van der Waals surface area contributed by atoms with Gasteiger partial charge in [0.05, 0.1) is 17.0 Å². The normalized spacial score (nSPS) is 18.7. The lowest BCUT2D eigenvalue weighted by atomic mass is 10.1. The van der Waals surface area contributed by atoms with Gasteiger partial charge in [-0.25, -0.2) is 18.4 Å². The summed E-state index contributed by atoms with van der Waals surface area (Å²) in [5, 5.41) is 1.02. The van der Waals surface area contributed by atoms with Crippen LogP contribution in [0.2, 0.25) is 0 Å². The van der Waals surface area contributed by atoms with Crippen molar-refractivity contribution < 1.29 is 8.42 Å². The Morgan fingerprint density at radius 3 is 2.63 bits per heavy atom. The van der Waals surface area contributed by atoms with Crippen LogP contribution in [0, 0.1) is 6.92 Å². The number of hydrogen-bond acceptors (Lipinski definition) is 5. The molecule has 0 radical (unpaired) electrons. The first-order chi connectivity index (χ1) is 9.07. The second-order valence-corrected chi connectivity index (χ2v) is 7.11. The number of sulfone groups is 1. The molecule has 2 heterocycles. The van der Waals surface area contributed by atoms with Gasteiger partial charge in [0.1, 0.15) is 12.1 Å². The second-order valence-electron chi connectivity index (χ2n) is 4.81. The first kappa shape index (κ1) is 12.3. The van der Waals surface area contributed by atoms with E-state index in [1.165, 1.54) is 0 Å². The monoisotopic (exact) mass is 277 g/mol. The number of rotatable bonds is 1. The standard InChI is InChI=1S/C13H15N3O2S/c1-10-3-2-4-11-12(10)13(15-9-14-11)16-5-7-19(17,18)8-6-16/h2-4,9H,5-8H2,1H3. The molecule has 1 aliphatic rings. The molecule has 1 aromatic heterocycles. The van der Waals surface area contributed by atoms with Gasteiger partial charge in [-0.15, -0.1) is 0 Å². The van der Waals surface area contributed by atoms with E-state index in [1.807, 2.05) is 30.0 Å². The maximum Gasteiger partial charge on any atom is 0.153 e. The summed E-state index contributed by atoms with van der Waals surface area (Å²) in [5.74, 6) is 1.24. The van der Waals surface area contributed by atoms with Gasteiger partial charge in [0, 0.05) is 18.5 Å². The van der Waals surface area contributed by atoms with Gasteiger partial charge in [-0.1, -0.05) is 12.1 Å². The lowest BCUT2D eigenvalue weighted by Gasteiger charge is -2.28. The Morgan fingerprint density at radius 2 is 1.89 bits per heavy atom. The Bertz CT molecular complexity index is 708. The Kier molecular flexibility index (Phi) is 2.89. The van der Waals surface area contributed by atoms with Crippen molar-refractivity contribution in [2.75, 3.05) is 29.5 Å². The van der Waals surface area contributed by atoms with Crippen molar-refractivity contribution in [3.63, 3.8) is 0 Å². The summed E-state index contributed by atoms with van der Waals surface area (Å²) in [6.45, 7) is 3.03. The highest BCUT2D eigenvalue weighted by Crippen LogP contribution is 2.26. The smallest absolute Gasteiger partial charge is 0.153 e. The molecule has 1 aromatic carbocycles. The van der Waals surface area contributed by atoms with Crippen molar-refractivity contribution in [2.24, 2.45) is 0 Å². The third kappa shape index (κ3) is 2.28. The number of fused-ring (bicyclic) bond motifs is 1. The molecule has 0 N–H and O–H groups in total. The molecule has 1 saturated heterocycles. The minimum Gasteiger partial charge on any atom is -0.354 e. The van der Waals surface area contributed by atoms with Crippen LogP contribution in [-0.4, -0.2) is 43.0 Å². The Labute approximate surface area is 112 Å². The van der Waals surface area contributed by atoms with E-state index in [-0.39, 0.29) is 11.5 Å². The number of nitrogens with zero attached hydrogens (tertiary/aromatic N) is 3. The molecule has 0 bridgehead atoms. The number of anilines is 1. The van der Waals surface area contributed by atoms with E-state index in [2.05, 4.69) is 9.97 Å². The Balaban J connectivity index is 2.06. The third-order valence-electron chi connectivity index (χ3n) is 3.50. The molecule has 0 saturated carbocycles. The molecular weight excluding hydrogens is 262 g/mol. The van der Waals surface area contributed by atoms with Gasteiger partial charge in [0.25, 0.3) is 0 Å². The van der Waals surface area contributed by atoms with E-state index in [1.54, 1.807) is 6.33 Å². The van der Waals surface area contributed by atoms with Crippen LogP contribution in [0.5, 0.6) is 0 Å². The molecule has 1 aliphatic heterocycles. The van der Waals surface area contributed by atoms with Gasteiger partial charge >= 0.3 is 0 Å². The molecule has 5 nitrogen and oxygen atoms in total. The SMILES string of the molecule is Cc1cccc2ncnc(N3CCS(=O)(=O)CC3)c12. The lowest BCUT2D eigenvalue weighted by molar-refractivity contribution is 0.586. The summed E-state index contributed by atoms with van der Waals surface area (Å²) < 4.78 is 23.0. The molecule has 6 heteroatoms. The third-order valence-corrected chi connectivity index (χ3v) is 5.10. The first-order valence-electron chi connectivity index (χ1n) is 6.22. The quantitative estimate of drug-likeness (QED) is 0.783. The van der Waals surface area contributed by atoms with Crippen molar-refractivity contribution in [2.45, 2.75) is 6.92 Å². The molecule has 2 aromatic rings. The highest BCUT2D eigenvalue weighted by atomic mass is 32.2. The van der Waals surface area contributed by atoms with E-state index in [0.717, 1.165) is 22.3 Å². The van der Waals surface area contributed by atoms with Crippen molar-refractivity contribution >= 4 is 26.6 Å². The largest absolute Gasteiger partial charge is 0.354 e. The average molecular weight is 277 g/mol. The van der Waals surface area contributed by atoms with Crippen LogP contribution in [0.3, 0.4) is 0 Å². The van der Waals surface area contributed by atoms with Gasteiger partial charge in [0.15, 0.2) is 9.84 Å². The van der Waals surface area contributed by atoms with Gasteiger partial charge in [-0.05, 0) is 18.6 Å². The zero-order valence-electron chi connectivity index (χ0n) is 10.7. The molecular formula is C13H15N3O2S. The van der Waals surface area contributed by atoms with Gasteiger partial charge in [-0.3, -0.25) is 0 Å². The van der Waals surface area contributed by atoms with Crippen molar-refractivity contribution in [1.29, 1.82) is 0 Å². The van der Waals surface area contributed by atoms with E-state index in [4.69, 9.17) is 0 Å². The molecule has 0 unspecified atom stereocenters. The summed E-state index contributed by atoms with van der Waals surface area (Å²) in [7, 11) is -2.87. The molecule has 100 valence electrons. The fourth-order valence-electron chi connectivity index (χ4n) is 2.43. The minimum atomic E-state index is -2.87. The molecule has 19 heavy (non-hydrogen) atoms. The maximum atomic E-state index is 11.5. The van der Waals surface area contributed by atoms with Crippen LogP contribution < -0.4 is 4.90 Å². The number of aryl methyl sites for hydroxylation is 1. The lowest BCUT2D eigenvalue weighted by Crippen LogP contribution is -2.40. The van der Waals surface area contributed by atoms with Crippen LogP contribution in [0.15, 0.2) is 24.5 Å². The highest BCUT2D eigenvalue weighted by molar-refractivity contribution is 7.91. The van der Waals surface area contributed by atoms with Crippen LogP contribution in [0.4, 0.5) is 5.82 Å². The van der Waals surface area contributed by atoms with Crippen LogP contribution in [-0.2, 0) is 9.84 Å². The molecule has 3 rings (SSSR count). The molecule has 1 fully saturated rings. The molecule has 0 spiro atoms. The molecule has 0 atom stereocenters. The number of benzene rings is 1. The first-order valence-corrected chi connectivity index (χ1v) is 8.05. The topological polar surface area (TPSA) is 63.2 Å². The molecule has 0 aliphatic carbocycles. The highest BCUT2D eigenvalue weighted by Gasteiger charge is 2.24. The predicted molar refractivity (Wildman–Crippen MR) is 75.1 cm³/mol. The number of aromatic nitrogens is 2. The van der Waals surface area contributed by atoms with E-state index in [9.17, 15) is 8.42 Å². The maximum absolute atomic E-state index is 11.5. The summed E-state index contributed by atoms with van der Waals surface area (Å²) in [5.41, 5.74) is 2.01. The summed E-state index contributed by atoms with van der Waals surface area (Å²) in [4.78, 5) is 10.7. The van der Waals surface area contributed by atoms with Gasteiger partial charge in [0.2, 0.25) is 0 Å². The predicted octanol–water partition coefficient (Wildman–Crippen LogP) is 1.17. The van der Waals surface area contributed by atoms with Gasteiger partial charge in [-0.2, -0.15) is 0 Å². The van der Waals surface area contributed by atoms with Crippen molar-refractivity contribution in [1.82, 2.24) is 9.97 Å². The van der Waals surface area contributed by atoms with Gasteiger partial charge < -0.3 is 4.90 Å². The van der Waals surface area contributed by atoms with Crippen LogP contribution in [0.25, 0.3) is 10.9 Å². The fraction of sp³-hybridized carbons (Fsp3) is 0.385. The van der Waals surface area contributed by atoms with Crippen LogP contribution >= 0.6 is 0 Å². The Hall–Kier alpha value is -1.69. The zero-order valence-corrected chi connectivity index (χ0v) is 11.5.